The first kappa shape index (κ1) is 14.6. The summed E-state index contributed by atoms with van der Waals surface area (Å²) in [6.07, 6.45) is 0.972. The van der Waals surface area contributed by atoms with Crippen LogP contribution < -0.4 is 10.2 Å². The van der Waals surface area contributed by atoms with Gasteiger partial charge in [-0.1, -0.05) is 0 Å². The van der Waals surface area contributed by atoms with Crippen LogP contribution in [0.15, 0.2) is 12.1 Å². The van der Waals surface area contributed by atoms with Gasteiger partial charge in [0.15, 0.2) is 0 Å². The molecule has 1 aromatic rings. The van der Waals surface area contributed by atoms with Crippen molar-refractivity contribution in [3.63, 3.8) is 0 Å². The van der Waals surface area contributed by atoms with E-state index in [1.807, 2.05) is 0 Å². The van der Waals surface area contributed by atoms with Crippen LogP contribution in [0.3, 0.4) is 0 Å². The van der Waals surface area contributed by atoms with Crippen LogP contribution in [-0.2, 0) is 14.4 Å². The molecule has 2 fully saturated rings. The first-order valence-electron chi connectivity index (χ1n) is 7.02. The summed E-state index contributed by atoms with van der Waals surface area (Å²) in [5.41, 5.74) is 0.0466. The number of hydrogen-bond acceptors (Lipinski definition) is 4. The minimum Gasteiger partial charge on any atom is -0.370 e. The summed E-state index contributed by atoms with van der Waals surface area (Å²) in [5, 5.41) is 2.09. The Labute approximate surface area is 125 Å². The highest BCUT2D eigenvalue weighted by atomic mass is 19.1. The minimum atomic E-state index is -0.995. The van der Waals surface area contributed by atoms with Crippen LogP contribution in [0.5, 0.6) is 0 Å². The SMILES string of the molecule is O=CC1CN(c2cc(F)c(C3CCC(=O)NC3=O)c(F)c2)C1. The van der Waals surface area contributed by atoms with Crippen LogP contribution in [0.25, 0.3) is 0 Å². The van der Waals surface area contributed by atoms with E-state index in [0.717, 1.165) is 6.29 Å². The Morgan fingerprint density at radius 2 is 1.82 bits per heavy atom. The van der Waals surface area contributed by atoms with E-state index in [1.54, 1.807) is 4.90 Å². The first-order valence-corrected chi connectivity index (χ1v) is 7.02. The number of imide groups is 1. The van der Waals surface area contributed by atoms with Crippen LogP contribution >= 0.6 is 0 Å². The molecule has 2 saturated heterocycles. The molecule has 7 heteroatoms. The maximum Gasteiger partial charge on any atom is 0.234 e. The second-order valence-electron chi connectivity index (χ2n) is 5.63. The van der Waals surface area contributed by atoms with Crippen molar-refractivity contribution in [3.8, 4) is 0 Å². The zero-order chi connectivity index (χ0) is 15.9. The number of carbonyl (C=O) groups is 3. The number of halogens is 2. The fourth-order valence-electron chi connectivity index (χ4n) is 2.86. The summed E-state index contributed by atoms with van der Waals surface area (Å²) in [6, 6.07) is 2.34. The lowest BCUT2D eigenvalue weighted by molar-refractivity contribution is -0.134. The van der Waals surface area contributed by atoms with Crippen molar-refractivity contribution in [2.45, 2.75) is 18.8 Å². The van der Waals surface area contributed by atoms with E-state index in [-0.39, 0.29) is 24.3 Å². The average Bonchev–Trinajstić information content (AvgIpc) is 2.39. The van der Waals surface area contributed by atoms with E-state index in [4.69, 9.17) is 0 Å². The Morgan fingerprint density at radius 1 is 1.18 bits per heavy atom. The molecule has 1 atom stereocenters. The smallest absolute Gasteiger partial charge is 0.234 e. The lowest BCUT2D eigenvalue weighted by Gasteiger charge is -2.38. The van der Waals surface area contributed by atoms with Crippen molar-refractivity contribution in [1.82, 2.24) is 5.32 Å². The molecule has 2 aliphatic rings. The molecule has 1 unspecified atom stereocenters. The third-order valence-electron chi connectivity index (χ3n) is 4.12. The minimum absolute atomic E-state index is 0.0597. The molecule has 0 bridgehead atoms. The van der Waals surface area contributed by atoms with Crippen LogP contribution in [-0.4, -0.2) is 31.2 Å². The number of carbonyl (C=O) groups excluding carboxylic acids is 3. The summed E-state index contributed by atoms with van der Waals surface area (Å²) in [5.74, 6) is -3.82. The number of nitrogens with one attached hydrogen (secondary N) is 1. The summed E-state index contributed by atoms with van der Waals surface area (Å²) >= 11 is 0. The molecule has 0 spiro atoms. The highest BCUT2D eigenvalue weighted by molar-refractivity contribution is 6.01. The third kappa shape index (κ3) is 2.47. The fraction of sp³-hybridized carbons (Fsp3) is 0.400. The maximum atomic E-state index is 14.3. The Morgan fingerprint density at radius 3 is 2.36 bits per heavy atom. The average molecular weight is 308 g/mol. The predicted molar refractivity (Wildman–Crippen MR) is 73.2 cm³/mol. The first-order chi connectivity index (χ1) is 10.5. The molecule has 116 valence electrons. The predicted octanol–water partition coefficient (Wildman–Crippen LogP) is 1.12. The second kappa shape index (κ2) is 5.47. The number of benzene rings is 1. The van der Waals surface area contributed by atoms with Gasteiger partial charge < -0.3 is 9.69 Å². The zero-order valence-electron chi connectivity index (χ0n) is 11.6. The van der Waals surface area contributed by atoms with E-state index < -0.39 is 29.4 Å². The van der Waals surface area contributed by atoms with E-state index in [1.165, 1.54) is 12.1 Å². The standard InChI is InChI=1S/C15H14F2N2O3/c16-11-3-9(19-5-8(6-19)7-20)4-12(17)14(11)10-1-2-13(21)18-15(10)22/h3-4,7-8,10H,1-2,5-6H2,(H,18,21,22). The van der Waals surface area contributed by atoms with Gasteiger partial charge in [-0.15, -0.1) is 0 Å². The van der Waals surface area contributed by atoms with Crippen molar-refractivity contribution in [1.29, 1.82) is 0 Å². The zero-order valence-corrected chi connectivity index (χ0v) is 11.6. The van der Waals surface area contributed by atoms with Gasteiger partial charge in [-0.25, -0.2) is 8.78 Å². The van der Waals surface area contributed by atoms with Crippen LogP contribution in [0.1, 0.15) is 24.3 Å². The molecule has 2 amide bonds. The van der Waals surface area contributed by atoms with Gasteiger partial charge in [0.05, 0.1) is 5.92 Å². The Balaban J connectivity index is 1.86. The molecular weight excluding hydrogens is 294 g/mol. The number of piperidine rings is 1. The van der Waals surface area contributed by atoms with Gasteiger partial charge in [-0.3, -0.25) is 14.9 Å². The number of nitrogens with zero attached hydrogens (tertiary/aromatic N) is 1. The molecular formula is C15H14F2N2O3. The summed E-state index contributed by atoms with van der Waals surface area (Å²) in [6.45, 7) is 0.861. The summed E-state index contributed by atoms with van der Waals surface area (Å²) < 4.78 is 28.5. The number of aldehydes is 1. The van der Waals surface area contributed by atoms with Gasteiger partial charge in [0.25, 0.3) is 0 Å². The monoisotopic (exact) mass is 308 g/mol. The van der Waals surface area contributed by atoms with E-state index >= 15 is 0 Å². The van der Waals surface area contributed by atoms with Crippen molar-refractivity contribution in [2.24, 2.45) is 5.92 Å². The molecule has 5 nitrogen and oxygen atoms in total. The molecule has 22 heavy (non-hydrogen) atoms. The molecule has 0 radical (unpaired) electrons. The van der Waals surface area contributed by atoms with Crippen molar-refractivity contribution < 1.29 is 23.2 Å². The van der Waals surface area contributed by atoms with E-state index in [0.29, 0.717) is 18.8 Å². The van der Waals surface area contributed by atoms with Crippen molar-refractivity contribution in [3.05, 3.63) is 29.3 Å². The number of rotatable bonds is 3. The van der Waals surface area contributed by atoms with Gasteiger partial charge in [0.1, 0.15) is 17.9 Å². The largest absolute Gasteiger partial charge is 0.370 e. The van der Waals surface area contributed by atoms with Gasteiger partial charge in [0, 0.05) is 36.7 Å². The van der Waals surface area contributed by atoms with Gasteiger partial charge in [-0.05, 0) is 18.6 Å². The van der Waals surface area contributed by atoms with Crippen LogP contribution in [0.2, 0.25) is 0 Å². The molecule has 0 saturated carbocycles. The fourth-order valence-corrected chi connectivity index (χ4v) is 2.86. The molecule has 1 N–H and O–H groups in total. The van der Waals surface area contributed by atoms with E-state index in [9.17, 15) is 23.2 Å². The summed E-state index contributed by atoms with van der Waals surface area (Å²) in [4.78, 5) is 35.1. The number of hydrogen-bond donors (Lipinski definition) is 1. The van der Waals surface area contributed by atoms with Gasteiger partial charge >= 0.3 is 0 Å². The number of amides is 2. The highest BCUT2D eigenvalue weighted by Gasteiger charge is 2.34. The molecule has 3 rings (SSSR count). The lowest BCUT2D eigenvalue weighted by Crippen LogP contribution is -2.47. The van der Waals surface area contributed by atoms with E-state index in [2.05, 4.69) is 5.32 Å². The molecule has 2 aliphatic heterocycles. The van der Waals surface area contributed by atoms with Crippen molar-refractivity contribution in [2.75, 3.05) is 18.0 Å². The Hall–Kier alpha value is -2.31. The molecule has 1 aromatic carbocycles. The summed E-state index contributed by atoms with van der Waals surface area (Å²) in [7, 11) is 0. The maximum absolute atomic E-state index is 14.3. The van der Waals surface area contributed by atoms with Crippen LogP contribution in [0, 0.1) is 17.6 Å². The molecule has 2 heterocycles. The lowest BCUT2D eigenvalue weighted by atomic mass is 9.89. The van der Waals surface area contributed by atoms with Gasteiger partial charge in [0.2, 0.25) is 11.8 Å². The van der Waals surface area contributed by atoms with Gasteiger partial charge in [-0.2, -0.15) is 0 Å². The second-order valence-corrected chi connectivity index (χ2v) is 5.63. The Bertz CT molecular complexity index is 633. The normalized spacial score (nSPS) is 22.3. The topological polar surface area (TPSA) is 66.5 Å². The quantitative estimate of drug-likeness (QED) is 0.671. The molecule has 0 aromatic heterocycles. The highest BCUT2D eigenvalue weighted by Crippen LogP contribution is 2.33. The van der Waals surface area contributed by atoms with Crippen molar-refractivity contribution >= 4 is 23.8 Å². The van der Waals surface area contributed by atoms with Crippen LogP contribution in [0.4, 0.5) is 14.5 Å². The Kier molecular flexibility index (Phi) is 3.64. The molecule has 0 aliphatic carbocycles. The number of anilines is 1. The third-order valence-corrected chi connectivity index (χ3v) is 4.12.